The second-order valence-electron chi connectivity index (χ2n) is 8.13. The van der Waals surface area contributed by atoms with Crippen LogP contribution in [0.1, 0.15) is 29.8 Å². The lowest BCUT2D eigenvalue weighted by Crippen LogP contribution is -2.49. The number of carbonyl (C=O) groups is 1. The maximum absolute atomic E-state index is 15.6. The standard InChI is InChI=1S/C25H24BrF2N3O2/c1-3-30-14-19(21(32)9-6-16-4-7-17(26)8-5-16)25(33)18-12-20(27)24(22(28)23(18)30)31-11-10-29-15(2)13-31/h4-9,12,14-15,29H,3,10-11,13H2,1-2H3. The molecule has 0 aliphatic carbocycles. The molecular weight excluding hydrogens is 492 g/mol. The average Bonchev–Trinajstić information content (AvgIpc) is 2.79. The Labute approximate surface area is 198 Å². The zero-order chi connectivity index (χ0) is 23.7. The summed E-state index contributed by atoms with van der Waals surface area (Å²) in [6.07, 6.45) is 4.27. The number of halogens is 3. The van der Waals surface area contributed by atoms with Crippen molar-refractivity contribution in [3.63, 3.8) is 0 Å². The van der Waals surface area contributed by atoms with Crippen LogP contribution >= 0.6 is 15.9 Å². The molecule has 172 valence electrons. The number of ketones is 1. The van der Waals surface area contributed by atoms with Crippen molar-refractivity contribution in [3.8, 4) is 0 Å². The third kappa shape index (κ3) is 4.63. The summed E-state index contributed by atoms with van der Waals surface area (Å²) in [4.78, 5) is 27.6. The smallest absolute Gasteiger partial charge is 0.200 e. The van der Waals surface area contributed by atoms with Crippen molar-refractivity contribution in [1.29, 1.82) is 0 Å². The molecule has 1 fully saturated rings. The number of anilines is 1. The number of fused-ring (bicyclic) bond motifs is 1. The molecule has 0 bridgehead atoms. The van der Waals surface area contributed by atoms with Crippen molar-refractivity contribution in [3.05, 3.63) is 80.1 Å². The minimum Gasteiger partial charge on any atom is -0.364 e. The molecule has 0 amide bonds. The van der Waals surface area contributed by atoms with E-state index in [1.807, 2.05) is 31.2 Å². The molecule has 1 aliphatic rings. The largest absolute Gasteiger partial charge is 0.364 e. The number of allylic oxidation sites excluding steroid dienone is 1. The molecule has 0 spiro atoms. The normalized spacial score (nSPS) is 16.6. The Bertz CT molecular complexity index is 1300. The van der Waals surface area contributed by atoms with Gasteiger partial charge in [-0.3, -0.25) is 9.59 Å². The van der Waals surface area contributed by atoms with Gasteiger partial charge in [-0.25, -0.2) is 8.78 Å². The van der Waals surface area contributed by atoms with Gasteiger partial charge >= 0.3 is 0 Å². The molecule has 0 saturated carbocycles. The van der Waals surface area contributed by atoms with Crippen LogP contribution in [0.2, 0.25) is 0 Å². The van der Waals surface area contributed by atoms with Gasteiger partial charge in [0.2, 0.25) is 5.43 Å². The fourth-order valence-electron chi connectivity index (χ4n) is 4.16. The number of aryl methyl sites for hydroxylation is 1. The number of benzene rings is 2. The first-order valence-electron chi connectivity index (χ1n) is 10.8. The minimum absolute atomic E-state index is 0.0125. The molecule has 8 heteroatoms. The van der Waals surface area contributed by atoms with E-state index < -0.39 is 22.8 Å². The van der Waals surface area contributed by atoms with Gasteiger partial charge in [-0.05, 0) is 43.7 Å². The highest BCUT2D eigenvalue weighted by atomic mass is 79.9. The minimum atomic E-state index is -0.802. The van der Waals surface area contributed by atoms with Crippen molar-refractivity contribution in [2.45, 2.75) is 26.4 Å². The van der Waals surface area contributed by atoms with E-state index in [4.69, 9.17) is 0 Å². The van der Waals surface area contributed by atoms with Crippen LogP contribution in [0.5, 0.6) is 0 Å². The monoisotopic (exact) mass is 515 g/mol. The SMILES string of the molecule is CCn1cc(C(=O)C=Cc2ccc(Br)cc2)c(=O)c2cc(F)c(N3CCNC(C)C3)c(F)c21. The molecule has 5 nitrogen and oxygen atoms in total. The topological polar surface area (TPSA) is 54.3 Å². The number of piperazine rings is 1. The molecule has 4 rings (SSSR count). The third-order valence-corrected chi connectivity index (χ3v) is 6.35. The van der Waals surface area contributed by atoms with Crippen LogP contribution in [0.25, 0.3) is 17.0 Å². The average molecular weight is 516 g/mol. The van der Waals surface area contributed by atoms with E-state index in [1.54, 1.807) is 17.9 Å². The van der Waals surface area contributed by atoms with E-state index in [-0.39, 0.29) is 28.2 Å². The van der Waals surface area contributed by atoms with Gasteiger partial charge in [-0.2, -0.15) is 0 Å². The number of pyridine rings is 1. The highest BCUT2D eigenvalue weighted by Gasteiger charge is 2.26. The van der Waals surface area contributed by atoms with E-state index in [2.05, 4.69) is 21.2 Å². The van der Waals surface area contributed by atoms with E-state index in [0.717, 1.165) is 16.1 Å². The molecule has 1 aromatic heterocycles. The first-order valence-corrected chi connectivity index (χ1v) is 11.6. The second-order valence-corrected chi connectivity index (χ2v) is 9.04. The molecule has 3 aromatic rings. The Morgan fingerprint density at radius 2 is 2.00 bits per heavy atom. The molecular formula is C25H24BrF2N3O2. The fourth-order valence-corrected chi connectivity index (χ4v) is 4.43. The molecule has 2 heterocycles. The summed E-state index contributed by atoms with van der Waals surface area (Å²) in [7, 11) is 0. The Balaban J connectivity index is 1.80. The lowest BCUT2D eigenvalue weighted by Gasteiger charge is -2.34. The van der Waals surface area contributed by atoms with Crippen LogP contribution in [-0.4, -0.2) is 36.0 Å². The first kappa shape index (κ1) is 23.3. The van der Waals surface area contributed by atoms with Gasteiger partial charge in [0.25, 0.3) is 0 Å². The van der Waals surface area contributed by atoms with Crippen LogP contribution in [0, 0.1) is 11.6 Å². The maximum Gasteiger partial charge on any atom is 0.200 e. The van der Waals surface area contributed by atoms with Crippen molar-refractivity contribution in [2.24, 2.45) is 0 Å². The van der Waals surface area contributed by atoms with Gasteiger partial charge in [-0.15, -0.1) is 0 Å². The predicted octanol–water partition coefficient (Wildman–Crippen LogP) is 4.76. The zero-order valence-corrected chi connectivity index (χ0v) is 20.0. The van der Waals surface area contributed by atoms with Crippen LogP contribution in [0.4, 0.5) is 14.5 Å². The van der Waals surface area contributed by atoms with Crippen molar-refractivity contribution < 1.29 is 13.6 Å². The van der Waals surface area contributed by atoms with Crippen LogP contribution < -0.4 is 15.6 Å². The number of nitrogens with zero attached hydrogens (tertiary/aromatic N) is 2. The number of hydrogen-bond acceptors (Lipinski definition) is 4. The quantitative estimate of drug-likeness (QED) is 0.393. The summed E-state index contributed by atoms with van der Waals surface area (Å²) in [5.41, 5.74) is -0.140. The van der Waals surface area contributed by atoms with E-state index in [1.165, 1.54) is 16.8 Å². The third-order valence-electron chi connectivity index (χ3n) is 5.82. The summed E-state index contributed by atoms with van der Waals surface area (Å²) in [6.45, 7) is 5.56. The number of aromatic nitrogens is 1. The molecule has 1 aliphatic heterocycles. The van der Waals surface area contributed by atoms with Gasteiger partial charge in [0.15, 0.2) is 11.6 Å². The first-order chi connectivity index (χ1) is 15.8. The van der Waals surface area contributed by atoms with Gasteiger partial charge in [-0.1, -0.05) is 34.1 Å². The molecule has 1 atom stereocenters. The van der Waals surface area contributed by atoms with Gasteiger partial charge < -0.3 is 14.8 Å². The summed E-state index contributed by atoms with van der Waals surface area (Å²) >= 11 is 3.35. The maximum atomic E-state index is 15.6. The van der Waals surface area contributed by atoms with E-state index >= 15 is 8.78 Å². The number of carbonyl (C=O) groups excluding carboxylic acids is 1. The van der Waals surface area contributed by atoms with Crippen molar-refractivity contribution >= 4 is 44.4 Å². The predicted molar refractivity (Wildman–Crippen MR) is 131 cm³/mol. The number of nitrogens with one attached hydrogen (secondary N) is 1. The van der Waals surface area contributed by atoms with Crippen molar-refractivity contribution in [2.75, 3.05) is 24.5 Å². The molecule has 2 aromatic carbocycles. The Morgan fingerprint density at radius 3 is 2.67 bits per heavy atom. The lowest BCUT2D eigenvalue weighted by molar-refractivity contribution is 0.104. The van der Waals surface area contributed by atoms with Crippen molar-refractivity contribution in [1.82, 2.24) is 9.88 Å². The molecule has 33 heavy (non-hydrogen) atoms. The van der Waals surface area contributed by atoms with E-state index in [0.29, 0.717) is 26.2 Å². The lowest BCUT2D eigenvalue weighted by atomic mass is 10.0. The van der Waals surface area contributed by atoms with Gasteiger partial charge in [0.05, 0.1) is 16.5 Å². The Hall–Kier alpha value is -2.84. The highest BCUT2D eigenvalue weighted by Crippen LogP contribution is 2.31. The summed E-state index contributed by atoms with van der Waals surface area (Å²) < 4.78 is 33.1. The summed E-state index contributed by atoms with van der Waals surface area (Å²) in [5, 5.41) is 3.11. The van der Waals surface area contributed by atoms with Crippen LogP contribution in [0.15, 0.2) is 51.9 Å². The summed E-state index contributed by atoms with van der Waals surface area (Å²) in [6, 6.07) is 8.46. The number of rotatable bonds is 5. The Morgan fingerprint density at radius 1 is 1.27 bits per heavy atom. The zero-order valence-electron chi connectivity index (χ0n) is 18.4. The molecule has 0 radical (unpaired) electrons. The van der Waals surface area contributed by atoms with Gasteiger partial charge in [0, 0.05) is 42.9 Å². The van der Waals surface area contributed by atoms with Gasteiger partial charge in [0.1, 0.15) is 11.5 Å². The number of hydrogen-bond donors (Lipinski definition) is 1. The molecule has 1 N–H and O–H groups in total. The van der Waals surface area contributed by atoms with Crippen LogP contribution in [0.3, 0.4) is 0 Å². The van der Waals surface area contributed by atoms with Crippen LogP contribution in [-0.2, 0) is 6.54 Å². The highest BCUT2D eigenvalue weighted by molar-refractivity contribution is 9.10. The summed E-state index contributed by atoms with van der Waals surface area (Å²) in [5.74, 6) is -2.10. The molecule has 1 saturated heterocycles. The van der Waals surface area contributed by atoms with E-state index in [9.17, 15) is 9.59 Å². The Kier molecular flexibility index (Phi) is 6.76. The second kappa shape index (κ2) is 9.57. The molecule has 1 unspecified atom stereocenters. The fraction of sp³-hybridized carbons (Fsp3) is 0.280.